The van der Waals surface area contributed by atoms with Crippen LogP contribution in [-0.4, -0.2) is 20.6 Å². The summed E-state index contributed by atoms with van der Waals surface area (Å²) in [5.74, 6) is 0.326. The second-order valence-electron chi connectivity index (χ2n) is 6.74. The number of H-pyrrole nitrogens is 1. The third-order valence-electron chi connectivity index (χ3n) is 4.78. The van der Waals surface area contributed by atoms with Crippen molar-refractivity contribution >= 4 is 28.6 Å². The molecule has 6 heteroatoms. The summed E-state index contributed by atoms with van der Waals surface area (Å²) in [6.07, 6.45) is 1.78. The number of aromatic nitrogens is 3. The minimum Gasteiger partial charge on any atom is -0.337 e. The van der Waals surface area contributed by atoms with Gasteiger partial charge < -0.3 is 4.98 Å². The van der Waals surface area contributed by atoms with Gasteiger partial charge in [0.05, 0.1) is 16.6 Å². The zero-order chi connectivity index (χ0) is 20.4. The summed E-state index contributed by atoms with van der Waals surface area (Å²) < 4.78 is 1.73. The lowest BCUT2D eigenvalue weighted by molar-refractivity contribution is 0.101. The molecule has 0 fully saturated rings. The van der Waals surface area contributed by atoms with Crippen molar-refractivity contribution < 1.29 is 4.79 Å². The van der Waals surface area contributed by atoms with E-state index in [2.05, 4.69) is 21.5 Å². The minimum absolute atomic E-state index is 0.194. The topological polar surface area (TPSA) is 86.5 Å². The molecule has 4 aromatic rings. The van der Waals surface area contributed by atoms with E-state index in [0.717, 1.165) is 28.0 Å². The molecule has 2 heterocycles. The predicted molar refractivity (Wildman–Crippen MR) is 114 cm³/mol. The highest BCUT2D eigenvalue weighted by Crippen LogP contribution is 2.22. The number of aryl methyl sites for hydroxylation is 1. The SMILES string of the molecule is Cc1cc(/C=C(/C#N)c2nc3ccccc3[nH]2)c(C)n1NC(=O)c1ccccc1. The smallest absolute Gasteiger partial charge is 0.270 e. The Morgan fingerprint density at radius 1 is 1.14 bits per heavy atom. The quantitative estimate of drug-likeness (QED) is 0.513. The number of nitrogens with zero attached hydrogens (tertiary/aromatic N) is 3. The van der Waals surface area contributed by atoms with Gasteiger partial charge in [-0.1, -0.05) is 30.3 Å². The number of carbonyl (C=O) groups is 1. The van der Waals surface area contributed by atoms with Crippen LogP contribution in [0.5, 0.6) is 0 Å². The van der Waals surface area contributed by atoms with Crippen LogP contribution in [0.3, 0.4) is 0 Å². The van der Waals surface area contributed by atoms with Crippen LogP contribution in [0.4, 0.5) is 0 Å². The number of rotatable bonds is 4. The second-order valence-corrected chi connectivity index (χ2v) is 6.74. The largest absolute Gasteiger partial charge is 0.337 e. The van der Waals surface area contributed by atoms with E-state index < -0.39 is 0 Å². The molecule has 0 aliphatic carbocycles. The Morgan fingerprint density at radius 3 is 2.59 bits per heavy atom. The molecule has 0 bridgehead atoms. The van der Waals surface area contributed by atoms with Crippen molar-refractivity contribution in [3.05, 3.63) is 89.0 Å². The molecule has 142 valence electrons. The van der Waals surface area contributed by atoms with Crippen LogP contribution < -0.4 is 5.43 Å². The van der Waals surface area contributed by atoms with Crippen molar-refractivity contribution in [2.24, 2.45) is 0 Å². The lowest BCUT2D eigenvalue weighted by Crippen LogP contribution is -2.24. The molecule has 1 amide bonds. The molecule has 0 atom stereocenters. The molecule has 0 aliphatic rings. The number of hydrogen-bond donors (Lipinski definition) is 2. The number of nitrogens with one attached hydrogen (secondary N) is 2. The van der Waals surface area contributed by atoms with E-state index in [-0.39, 0.29) is 5.91 Å². The Hall–Kier alpha value is -4.11. The first-order valence-electron chi connectivity index (χ1n) is 9.19. The average Bonchev–Trinajstić information content (AvgIpc) is 3.28. The Labute approximate surface area is 168 Å². The van der Waals surface area contributed by atoms with Gasteiger partial charge >= 0.3 is 0 Å². The summed E-state index contributed by atoms with van der Waals surface area (Å²) in [6, 6.07) is 20.8. The third-order valence-corrected chi connectivity index (χ3v) is 4.78. The number of nitriles is 1. The highest BCUT2D eigenvalue weighted by molar-refractivity contribution is 6.00. The molecule has 0 radical (unpaired) electrons. The van der Waals surface area contributed by atoms with Crippen LogP contribution in [0.2, 0.25) is 0 Å². The van der Waals surface area contributed by atoms with E-state index in [4.69, 9.17) is 0 Å². The van der Waals surface area contributed by atoms with Gasteiger partial charge in [0, 0.05) is 17.0 Å². The first-order chi connectivity index (χ1) is 14.1. The highest BCUT2D eigenvalue weighted by atomic mass is 16.2. The minimum atomic E-state index is -0.194. The number of allylic oxidation sites excluding steroid dienone is 1. The van der Waals surface area contributed by atoms with Gasteiger partial charge in [-0.3, -0.25) is 14.9 Å². The Kier molecular flexibility index (Phi) is 4.71. The maximum Gasteiger partial charge on any atom is 0.270 e. The molecule has 6 nitrogen and oxygen atoms in total. The molecular formula is C23H19N5O. The van der Waals surface area contributed by atoms with E-state index in [0.29, 0.717) is 17.0 Å². The summed E-state index contributed by atoms with van der Waals surface area (Å²) in [5, 5.41) is 9.67. The number of imidazole rings is 1. The van der Waals surface area contributed by atoms with E-state index in [1.54, 1.807) is 22.9 Å². The van der Waals surface area contributed by atoms with Crippen molar-refractivity contribution in [3.63, 3.8) is 0 Å². The van der Waals surface area contributed by atoms with E-state index in [9.17, 15) is 10.1 Å². The second kappa shape index (κ2) is 7.49. The van der Waals surface area contributed by atoms with Crippen molar-refractivity contribution in [1.29, 1.82) is 5.26 Å². The lowest BCUT2D eigenvalue weighted by atomic mass is 10.1. The molecule has 0 unspecified atom stereocenters. The van der Waals surface area contributed by atoms with Crippen molar-refractivity contribution in [3.8, 4) is 6.07 Å². The van der Waals surface area contributed by atoms with Crippen LogP contribution in [0.25, 0.3) is 22.7 Å². The summed E-state index contributed by atoms with van der Waals surface area (Å²) in [4.78, 5) is 20.2. The van der Waals surface area contributed by atoms with Gasteiger partial charge in [-0.2, -0.15) is 5.26 Å². The van der Waals surface area contributed by atoms with Gasteiger partial charge in [-0.25, -0.2) is 4.98 Å². The van der Waals surface area contributed by atoms with Crippen molar-refractivity contribution in [1.82, 2.24) is 14.6 Å². The number of benzene rings is 2. The summed E-state index contributed by atoms with van der Waals surface area (Å²) in [5.41, 5.74) is 8.14. The number of amides is 1. The fourth-order valence-electron chi connectivity index (χ4n) is 3.25. The zero-order valence-corrected chi connectivity index (χ0v) is 16.1. The van der Waals surface area contributed by atoms with E-state index in [1.165, 1.54) is 0 Å². The molecule has 2 aromatic carbocycles. The maximum atomic E-state index is 12.5. The molecule has 0 spiro atoms. The molecular weight excluding hydrogens is 362 g/mol. The van der Waals surface area contributed by atoms with Crippen LogP contribution in [-0.2, 0) is 0 Å². The molecule has 4 rings (SSSR count). The number of aromatic amines is 1. The fraction of sp³-hybridized carbons (Fsp3) is 0.0870. The molecule has 2 N–H and O–H groups in total. The monoisotopic (exact) mass is 381 g/mol. The maximum absolute atomic E-state index is 12.5. The lowest BCUT2D eigenvalue weighted by Gasteiger charge is -2.11. The standard InChI is InChI=1S/C23H19N5O/c1-15-12-18(16(2)28(15)27-23(29)17-8-4-3-5-9-17)13-19(14-24)22-25-20-10-6-7-11-21(20)26-22/h3-13H,1-2H3,(H,25,26)(H,27,29)/b19-13-. The van der Waals surface area contributed by atoms with Crippen LogP contribution >= 0.6 is 0 Å². The number of fused-ring (bicyclic) bond motifs is 1. The van der Waals surface area contributed by atoms with Gasteiger partial charge in [-0.15, -0.1) is 0 Å². The summed E-state index contributed by atoms with van der Waals surface area (Å²) >= 11 is 0. The molecule has 0 saturated carbocycles. The van der Waals surface area contributed by atoms with Crippen LogP contribution in [0.15, 0.2) is 60.7 Å². The van der Waals surface area contributed by atoms with Crippen LogP contribution in [0.1, 0.15) is 33.1 Å². The fourth-order valence-corrected chi connectivity index (χ4v) is 3.25. The van der Waals surface area contributed by atoms with Gasteiger partial charge in [0.25, 0.3) is 5.91 Å². The zero-order valence-electron chi connectivity index (χ0n) is 16.1. The summed E-state index contributed by atoms with van der Waals surface area (Å²) in [6.45, 7) is 3.81. The molecule has 2 aromatic heterocycles. The van der Waals surface area contributed by atoms with Gasteiger partial charge in [0.2, 0.25) is 0 Å². The van der Waals surface area contributed by atoms with Crippen molar-refractivity contribution in [2.45, 2.75) is 13.8 Å². The highest BCUT2D eigenvalue weighted by Gasteiger charge is 2.14. The van der Waals surface area contributed by atoms with Crippen LogP contribution in [0, 0.1) is 25.2 Å². The van der Waals surface area contributed by atoms with E-state index >= 15 is 0 Å². The third kappa shape index (κ3) is 3.54. The first-order valence-corrected chi connectivity index (χ1v) is 9.19. The Balaban J connectivity index is 1.67. The normalized spacial score (nSPS) is 11.4. The number of carbonyl (C=O) groups excluding carboxylic acids is 1. The van der Waals surface area contributed by atoms with E-state index in [1.807, 2.05) is 62.4 Å². The van der Waals surface area contributed by atoms with Gasteiger partial charge in [0.15, 0.2) is 0 Å². The average molecular weight is 381 g/mol. The Morgan fingerprint density at radius 2 is 1.86 bits per heavy atom. The summed E-state index contributed by atoms with van der Waals surface area (Å²) in [7, 11) is 0. The van der Waals surface area contributed by atoms with Gasteiger partial charge in [-0.05, 0) is 55.8 Å². The van der Waals surface area contributed by atoms with Gasteiger partial charge in [0.1, 0.15) is 11.9 Å². The van der Waals surface area contributed by atoms with Crippen molar-refractivity contribution in [2.75, 3.05) is 5.43 Å². The number of hydrogen-bond acceptors (Lipinski definition) is 3. The molecule has 0 aliphatic heterocycles. The predicted octanol–water partition coefficient (Wildman–Crippen LogP) is 4.43. The first kappa shape index (κ1) is 18.3. The number of para-hydroxylation sites is 2. The Bertz CT molecular complexity index is 1240. The molecule has 0 saturated heterocycles. The molecule has 29 heavy (non-hydrogen) atoms.